The van der Waals surface area contributed by atoms with Crippen LogP contribution in [0.2, 0.25) is 0 Å². The van der Waals surface area contributed by atoms with Gasteiger partial charge in [0.05, 0.1) is 13.1 Å². The molecule has 0 aliphatic heterocycles. The highest BCUT2D eigenvalue weighted by Gasteiger charge is 2.28. The molecule has 1 rings (SSSR count). The lowest BCUT2D eigenvalue weighted by atomic mass is 10.0. The van der Waals surface area contributed by atoms with Crippen molar-refractivity contribution in [3.05, 3.63) is 35.9 Å². The fraction of sp³-hybridized carbons (Fsp3) is 0.600. The predicted molar refractivity (Wildman–Crippen MR) is 129 cm³/mol. The summed E-state index contributed by atoms with van der Waals surface area (Å²) in [4.78, 5) is 50.2. The van der Waals surface area contributed by atoms with E-state index in [0.29, 0.717) is 12.8 Å². The standard InChI is InChI=1S/C25H40N4O4/c1-16(2)12-20(24(32)27-14-22(30)17(3)4)29-25(33)21(13-19-10-8-7-9-11-19)28-23(31)15-26-18(5)6/h7-11,16-18,20-21,26H,12-15H2,1-6H3,(H,27,32)(H,28,31)(H,29,33). The molecule has 2 atom stereocenters. The summed E-state index contributed by atoms with van der Waals surface area (Å²) in [7, 11) is 0. The Balaban J connectivity index is 2.94. The van der Waals surface area contributed by atoms with Gasteiger partial charge in [0.2, 0.25) is 17.7 Å². The topological polar surface area (TPSA) is 116 Å². The van der Waals surface area contributed by atoms with Crippen molar-refractivity contribution in [3.63, 3.8) is 0 Å². The Morgan fingerprint density at radius 2 is 1.42 bits per heavy atom. The number of benzene rings is 1. The fourth-order valence-corrected chi connectivity index (χ4v) is 3.08. The Morgan fingerprint density at radius 1 is 0.788 bits per heavy atom. The van der Waals surface area contributed by atoms with Crippen LogP contribution in [0.25, 0.3) is 0 Å². The van der Waals surface area contributed by atoms with Gasteiger partial charge >= 0.3 is 0 Å². The summed E-state index contributed by atoms with van der Waals surface area (Å²) in [6.07, 6.45) is 0.705. The van der Waals surface area contributed by atoms with Gasteiger partial charge in [0, 0.05) is 18.4 Å². The minimum atomic E-state index is -0.839. The second-order valence-corrected chi connectivity index (χ2v) is 9.37. The zero-order valence-corrected chi connectivity index (χ0v) is 20.7. The lowest BCUT2D eigenvalue weighted by molar-refractivity contribution is -0.133. The van der Waals surface area contributed by atoms with Crippen molar-refractivity contribution < 1.29 is 19.2 Å². The smallest absolute Gasteiger partial charge is 0.243 e. The third kappa shape index (κ3) is 11.6. The van der Waals surface area contributed by atoms with Crippen LogP contribution in [0.5, 0.6) is 0 Å². The first kappa shape index (κ1) is 28.3. The number of ketones is 1. The van der Waals surface area contributed by atoms with E-state index >= 15 is 0 Å². The van der Waals surface area contributed by atoms with E-state index in [1.54, 1.807) is 13.8 Å². The molecule has 0 bridgehead atoms. The van der Waals surface area contributed by atoms with E-state index in [9.17, 15) is 19.2 Å². The number of Topliss-reactive ketones (excluding diaryl/α,β-unsaturated/α-hetero) is 1. The molecule has 0 saturated carbocycles. The molecular weight excluding hydrogens is 420 g/mol. The molecule has 1 aromatic carbocycles. The highest BCUT2D eigenvalue weighted by molar-refractivity contribution is 5.94. The van der Waals surface area contributed by atoms with E-state index in [1.807, 2.05) is 58.0 Å². The number of hydrogen-bond acceptors (Lipinski definition) is 5. The third-order valence-corrected chi connectivity index (χ3v) is 5.03. The zero-order valence-electron chi connectivity index (χ0n) is 20.7. The maximum atomic E-state index is 13.2. The average molecular weight is 461 g/mol. The summed E-state index contributed by atoms with van der Waals surface area (Å²) < 4.78 is 0. The molecule has 3 amide bonds. The van der Waals surface area contributed by atoms with Gasteiger partial charge in [-0.3, -0.25) is 19.2 Å². The molecule has 0 fully saturated rings. The molecule has 0 aromatic heterocycles. The summed E-state index contributed by atoms with van der Waals surface area (Å²) in [5.41, 5.74) is 0.891. The minimum Gasteiger partial charge on any atom is -0.347 e. The van der Waals surface area contributed by atoms with Crippen molar-refractivity contribution in [2.75, 3.05) is 13.1 Å². The number of amides is 3. The van der Waals surface area contributed by atoms with Crippen molar-refractivity contribution >= 4 is 23.5 Å². The monoisotopic (exact) mass is 460 g/mol. The van der Waals surface area contributed by atoms with E-state index in [4.69, 9.17) is 0 Å². The van der Waals surface area contributed by atoms with Crippen LogP contribution >= 0.6 is 0 Å². The average Bonchev–Trinajstić information content (AvgIpc) is 2.75. The van der Waals surface area contributed by atoms with Gasteiger partial charge in [-0.2, -0.15) is 0 Å². The van der Waals surface area contributed by atoms with Crippen molar-refractivity contribution in [2.45, 2.75) is 72.5 Å². The first-order valence-electron chi connectivity index (χ1n) is 11.7. The molecule has 0 aliphatic rings. The van der Waals surface area contributed by atoms with Crippen LogP contribution in [0, 0.1) is 11.8 Å². The molecule has 1 aromatic rings. The van der Waals surface area contributed by atoms with E-state index < -0.39 is 23.9 Å². The van der Waals surface area contributed by atoms with Crippen LogP contribution in [0.1, 0.15) is 53.5 Å². The lowest BCUT2D eigenvalue weighted by Gasteiger charge is -2.24. The van der Waals surface area contributed by atoms with Crippen LogP contribution in [0.3, 0.4) is 0 Å². The van der Waals surface area contributed by atoms with Gasteiger partial charge in [0.25, 0.3) is 0 Å². The second-order valence-electron chi connectivity index (χ2n) is 9.37. The van der Waals surface area contributed by atoms with Gasteiger partial charge in [-0.05, 0) is 17.9 Å². The SMILES string of the molecule is CC(C)CC(NC(=O)C(Cc1ccccc1)NC(=O)CNC(C)C)C(=O)NCC(=O)C(C)C. The van der Waals surface area contributed by atoms with E-state index in [1.165, 1.54) is 0 Å². The van der Waals surface area contributed by atoms with Crippen LogP contribution < -0.4 is 21.3 Å². The van der Waals surface area contributed by atoms with Gasteiger partial charge in [0.15, 0.2) is 5.78 Å². The molecule has 0 heterocycles. The maximum absolute atomic E-state index is 13.2. The summed E-state index contributed by atoms with van der Waals surface area (Å²) >= 11 is 0. The Hall–Kier alpha value is -2.74. The molecule has 33 heavy (non-hydrogen) atoms. The quantitative estimate of drug-likeness (QED) is 0.336. The Bertz CT molecular complexity index is 778. The number of hydrogen-bond donors (Lipinski definition) is 4. The summed E-state index contributed by atoms with van der Waals surface area (Å²) in [6, 6.07) is 7.87. The summed E-state index contributed by atoms with van der Waals surface area (Å²) in [5, 5.41) is 11.2. The van der Waals surface area contributed by atoms with Crippen LogP contribution in [0.4, 0.5) is 0 Å². The van der Waals surface area contributed by atoms with Crippen LogP contribution in [0.15, 0.2) is 30.3 Å². The molecule has 0 radical (unpaired) electrons. The normalized spacial score (nSPS) is 13.0. The molecule has 2 unspecified atom stereocenters. The predicted octanol–water partition coefficient (Wildman–Crippen LogP) is 1.58. The molecule has 0 spiro atoms. The van der Waals surface area contributed by atoms with Gasteiger partial charge in [-0.25, -0.2) is 0 Å². The number of carbonyl (C=O) groups excluding carboxylic acids is 4. The van der Waals surface area contributed by atoms with Crippen molar-refractivity contribution in [1.29, 1.82) is 0 Å². The van der Waals surface area contributed by atoms with E-state index in [0.717, 1.165) is 5.56 Å². The lowest BCUT2D eigenvalue weighted by Crippen LogP contribution is -2.56. The number of rotatable bonds is 14. The molecular formula is C25H40N4O4. The summed E-state index contributed by atoms with van der Waals surface area (Å²) in [5.74, 6) is -1.27. The third-order valence-electron chi connectivity index (χ3n) is 5.03. The van der Waals surface area contributed by atoms with E-state index in [2.05, 4.69) is 21.3 Å². The van der Waals surface area contributed by atoms with Gasteiger partial charge in [0.1, 0.15) is 12.1 Å². The van der Waals surface area contributed by atoms with Gasteiger partial charge < -0.3 is 21.3 Å². The van der Waals surface area contributed by atoms with Crippen LogP contribution in [-0.2, 0) is 25.6 Å². The molecule has 0 saturated heterocycles. The molecule has 4 N–H and O–H groups in total. The summed E-state index contributed by atoms with van der Waals surface area (Å²) in [6.45, 7) is 11.3. The first-order valence-corrected chi connectivity index (χ1v) is 11.7. The largest absolute Gasteiger partial charge is 0.347 e. The zero-order chi connectivity index (χ0) is 25.0. The van der Waals surface area contributed by atoms with Crippen molar-refractivity contribution in [2.24, 2.45) is 11.8 Å². The van der Waals surface area contributed by atoms with E-state index in [-0.39, 0.29) is 42.7 Å². The molecule has 8 heteroatoms. The highest BCUT2D eigenvalue weighted by Crippen LogP contribution is 2.08. The molecule has 0 aliphatic carbocycles. The Kier molecular flexibility index (Phi) is 12.4. The highest BCUT2D eigenvalue weighted by atomic mass is 16.2. The minimum absolute atomic E-state index is 0.0774. The Morgan fingerprint density at radius 3 is 1.97 bits per heavy atom. The van der Waals surface area contributed by atoms with Crippen molar-refractivity contribution in [3.8, 4) is 0 Å². The molecule has 184 valence electrons. The van der Waals surface area contributed by atoms with Crippen LogP contribution in [-0.4, -0.2) is 54.7 Å². The molecule has 8 nitrogen and oxygen atoms in total. The van der Waals surface area contributed by atoms with Gasteiger partial charge in [-0.15, -0.1) is 0 Å². The Labute approximate surface area is 197 Å². The first-order chi connectivity index (χ1) is 15.5. The maximum Gasteiger partial charge on any atom is 0.243 e. The van der Waals surface area contributed by atoms with Gasteiger partial charge in [-0.1, -0.05) is 71.9 Å². The van der Waals surface area contributed by atoms with Crippen molar-refractivity contribution in [1.82, 2.24) is 21.3 Å². The second kappa shape index (κ2) is 14.4. The number of nitrogens with one attached hydrogen (secondary N) is 4. The fourth-order valence-electron chi connectivity index (χ4n) is 3.08. The number of carbonyl (C=O) groups is 4.